The number of carboxylic acid groups (broad SMARTS) is 1. The van der Waals surface area contributed by atoms with Crippen molar-refractivity contribution in [2.75, 3.05) is 25.1 Å². The topological polar surface area (TPSA) is 82.1 Å². The molecule has 2 aliphatic rings. The van der Waals surface area contributed by atoms with Crippen LogP contribution in [0.4, 0.5) is 4.79 Å². The summed E-state index contributed by atoms with van der Waals surface area (Å²) in [6, 6.07) is 9.88. The first-order chi connectivity index (χ1) is 13.0. The number of carbonyl (C=O) groups is 2. The quantitative estimate of drug-likeness (QED) is 0.524. The molecule has 9 heteroatoms. The van der Waals surface area contributed by atoms with Crippen LogP contribution in [-0.2, 0) is 15.5 Å². The van der Waals surface area contributed by atoms with Gasteiger partial charge in [0, 0.05) is 19.6 Å². The lowest BCUT2D eigenvalue weighted by Crippen LogP contribution is -2.57. The van der Waals surface area contributed by atoms with Crippen molar-refractivity contribution in [1.29, 1.82) is 0 Å². The molecule has 27 heavy (non-hydrogen) atoms. The zero-order valence-corrected chi connectivity index (χ0v) is 16.9. The predicted octanol–water partition coefficient (Wildman–Crippen LogP) is 2.79. The van der Waals surface area contributed by atoms with E-state index in [0.717, 1.165) is 42.8 Å². The fraction of sp³-hybridized carbons (Fsp3) is 0.556. The predicted molar refractivity (Wildman–Crippen MR) is 107 cm³/mol. The van der Waals surface area contributed by atoms with Gasteiger partial charge in [-0.05, 0) is 36.8 Å². The molecular formula is C18H25N3O4S2. The Labute approximate surface area is 168 Å². The molecular weight excluding hydrogens is 386 g/mol. The van der Waals surface area contributed by atoms with Gasteiger partial charge in [0.2, 0.25) is 5.91 Å². The number of thioether (sulfide) groups is 1. The smallest absolute Gasteiger partial charge is 0.449 e. The van der Waals surface area contributed by atoms with Gasteiger partial charge >= 0.3 is 6.16 Å². The van der Waals surface area contributed by atoms with Crippen molar-refractivity contribution in [3.8, 4) is 0 Å². The van der Waals surface area contributed by atoms with Gasteiger partial charge in [0.05, 0.1) is 11.7 Å². The van der Waals surface area contributed by atoms with Gasteiger partial charge < -0.3 is 14.2 Å². The molecule has 2 N–H and O–H groups in total. The Morgan fingerprint density at radius 1 is 1.33 bits per heavy atom. The highest BCUT2D eigenvalue weighted by Gasteiger charge is 2.51. The summed E-state index contributed by atoms with van der Waals surface area (Å²) in [5.41, 5.74) is 0.736. The minimum atomic E-state index is -1.29. The van der Waals surface area contributed by atoms with Crippen molar-refractivity contribution in [3.63, 3.8) is 0 Å². The van der Waals surface area contributed by atoms with E-state index in [1.54, 1.807) is 11.8 Å². The zero-order valence-electron chi connectivity index (χ0n) is 15.3. The Hall–Kier alpha value is -1.42. The van der Waals surface area contributed by atoms with E-state index in [2.05, 4.69) is 15.8 Å². The van der Waals surface area contributed by atoms with E-state index in [1.165, 1.54) is 0 Å². The third-order valence-electron chi connectivity index (χ3n) is 5.08. The maximum absolute atomic E-state index is 13.1. The third kappa shape index (κ3) is 4.90. The van der Waals surface area contributed by atoms with E-state index in [0.29, 0.717) is 19.6 Å². The Bertz CT molecular complexity index is 653. The highest BCUT2D eigenvalue weighted by atomic mass is 32.2. The summed E-state index contributed by atoms with van der Waals surface area (Å²) in [4.78, 5) is 25.7. The van der Waals surface area contributed by atoms with Crippen molar-refractivity contribution in [3.05, 3.63) is 35.9 Å². The number of nitrogens with zero attached hydrogens (tertiary/aromatic N) is 2. The average molecular weight is 412 g/mol. The molecule has 0 radical (unpaired) electrons. The third-order valence-corrected chi connectivity index (χ3v) is 6.52. The first-order valence-corrected chi connectivity index (χ1v) is 11.1. The molecule has 2 aliphatic heterocycles. The number of amides is 1. The van der Waals surface area contributed by atoms with Crippen LogP contribution in [-0.4, -0.2) is 63.2 Å². The van der Waals surface area contributed by atoms with E-state index < -0.39 is 6.16 Å². The molecule has 3 rings (SSSR count). The van der Waals surface area contributed by atoms with Gasteiger partial charge in [0.15, 0.2) is 12.2 Å². The van der Waals surface area contributed by atoms with Gasteiger partial charge in [-0.15, -0.1) is 0 Å². The molecule has 2 saturated heterocycles. The van der Waals surface area contributed by atoms with Gasteiger partial charge in [-0.3, -0.25) is 10.1 Å². The number of piperidine rings is 1. The fourth-order valence-electron chi connectivity index (χ4n) is 3.72. The van der Waals surface area contributed by atoms with Crippen LogP contribution in [0.1, 0.15) is 24.8 Å². The molecule has 1 aromatic carbocycles. The minimum Gasteiger partial charge on any atom is -0.449 e. The highest BCUT2D eigenvalue weighted by Crippen LogP contribution is 2.36. The second kappa shape index (κ2) is 9.18. The number of hydrogen-bond acceptors (Lipinski definition) is 7. The number of benzene rings is 1. The van der Waals surface area contributed by atoms with Crippen LogP contribution < -0.4 is 5.32 Å². The molecule has 7 nitrogen and oxygen atoms in total. The van der Waals surface area contributed by atoms with E-state index in [9.17, 15) is 9.59 Å². The molecule has 2 fully saturated rings. The second-order valence-electron chi connectivity index (χ2n) is 6.77. The summed E-state index contributed by atoms with van der Waals surface area (Å²) >= 11 is 2.61. The molecule has 148 valence electrons. The normalized spacial score (nSPS) is 22.3. The van der Waals surface area contributed by atoms with Gasteiger partial charge in [-0.1, -0.05) is 30.3 Å². The number of hydrogen-bond donors (Lipinski definition) is 2. The molecule has 0 bridgehead atoms. The molecule has 1 atom stereocenters. The molecule has 1 spiro atoms. The highest BCUT2D eigenvalue weighted by molar-refractivity contribution is 7.98. The maximum Gasteiger partial charge on any atom is 0.519 e. The Kier molecular flexibility index (Phi) is 6.91. The first-order valence-electron chi connectivity index (χ1n) is 8.98. The lowest BCUT2D eigenvalue weighted by molar-refractivity contribution is -0.134. The molecule has 1 unspecified atom stereocenters. The van der Waals surface area contributed by atoms with Crippen molar-refractivity contribution < 1.29 is 18.9 Å². The summed E-state index contributed by atoms with van der Waals surface area (Å²) < 4.78 is 6.50. The van der Waals surface area contributed by atoms with Crippen LogP contribution in [0.2, 0.25) is 0 Å². The van der Waals surface area contributed by atoms with Gasteiger partial charge in [-0.25, -0.2) is 9.10 Å². The average Bonchev–Trinajstić information content (AvgIpc) is 2.92. The maximum atomic E-state index is 13.1. The summed E-state index contributed by atoms with van der Waals surface area (Å²) in [7, 11) is 0. The summed E-state index contributed by atoms with van der Waals surface area (Å²) in [6.07, 6.45) is 3.04. The van der Waals surface area contributed by atoms with E-state index in [4.69, 9.17) is 5.11 Å². The van der Waals surface area contributed by atoms with Gasteiger partial charge in [0.1, 0.15) is 0 Å². The lowest BCUT2D eigenvalue weighted by Gasteiger charge is -2.43. The largest absolute Gasteiger partial charge is 0.519 e. The van der Waals surface area contributed by atoms with E-state index in [-0.39, 0.29) is 17.6 Å². The molecule has 0 aromatic heterocycles. The van der Waals surface area contributed by atoms with Gasteiger partial charge in [0.25, 0.3) is 0 Å². The summed E-state index contributed by atoms with van der Waals surface area (Å²) in [6.45, 7) is 1.89. The summed E-state index contributed by atoms with van der Waals surface area (Å²) in [5.74, 6) is 1.10. The fourth-order valence-corrected chi connectivity index (χ4v) is 4.69. The Morgan fingerprint density at radius 2 is 2.04 bits per heavy atom. The first kappa shape index (κ1) is 20.3. The lowest BCUT2D eigenvalue weighted by atomic mass is 9.96. The molecule has 2 heterocycles. The molecule has 1 amide bonds. The summed E-state index contributed by atoms with van der Waals surface area (Å²) in [5, 5.41) is 12.3. The number of carbonyl (C=O) groups excluding carboxylic acids is 1. The Morgan fingerprint density at radius 3 is 2.67 bits per heavy atom. The standard InChI is InChI=1S/C18H25N3O4S2/c1-26-12-7-15-16(22)21(13-14-5-3-2-4-6-14)18(19-15)8-10-20(11-9-18)27-25-17(23)24/h2-6,15,19H,7-13H2,1H3,(H,23,24). The van der Waals surface area contributed by atoms with Crippen molar-refractivity contribution >= 4 is 36.1 Å². The van der Waals surface area contributed by atoms with Gasteiger partial charge in [-0.2, -0.15) is 11.8 Å². The second-order valence-corrected chi connectivity index (χ2v) is 8.59. The van der Waals surface area contributed by atoms with Crippen molar-refractivity contribution in [2.45, 2.75) is 37.5 Å². The number of rotatable bonds is 7. The van der Waals surface area contributed by atoms with Crippen LogP contribution in [0, 0.1) is 0 Å². The van der Waals surface area contributed by atoms with Crippen LogP contribution in [0.15, 0.2) is 30.3 Å². The monoisotopic (exact) mass is 411 g/mol. The van der Waals surface area contributed by atoms with E-state index in [1.807, 2.05) is 39.5 Å². The SMILES string of the molecule is CSCCC1NC2(CCN(SOC(=O)O)CC2)N(Cc2ccccc2)C1=O. The Balaban J connectivity index is 1.72. The van der Waals surface area contributed by atoms with Crippen LogP contribution in [0.3, 0.4) is 0 Å². The van der Waals surface area contributed by atoms with Crippen LogP contribution in [0.5, 0.6) is 0 Å². The van der Waals surface area contributed by atoms with E-state index >= 15 is 0 Å². The van der Waals surface area contributed by atoms with Crippen molar-refractivity contribution in [2.24, 2.45) is 0 Å². The number of nitrogens with one attached hydrogen (secondary N) is 1. The molecule has 0 saturated carbocycles. The molecule has 0 aliphatic carbocycles. The van der Waals surface area contributed by atoms with Crippen LogP contribution >= 0.6 is 24.0 Å². The van der Waals surface area contributed by atoms with Crippen LogP contribution in [0.25, 0.3) is 0 Å². The molecule has 1 aromatic rings. The minimum absolute atomic E-state index is 0.157. The van der Waals surface area contributed by atoms with Crippen molar-refractivity contribution in [1.82, 2.24) is 14.5 Å². The zero-order chi connectivity index (χ0) is 19.3.